The summed E-state index contributed by atoms with van der Waals surface area (Å²) in [5.41, 5.74) is 0.782. The van der Waals surface area contributed by atoms with Crippen LogP contribution >= 0.6 is 0 Å². The van der Waals surface area contributed by atoms with Crippen molar-refractivity contribution in [3.63, 3.8) is 0 Å². The topological polar surface area (TPSA) is 49.4 Å². The minimum atomic E-state index is -3.18. The van der Waals surface area contributed by atoms with Gasteiger partial charge >= 0.3 is 0 Å². The lowest BCUT2D eigenvalue weighted by Crippen LogP contribution is -2.34. The lowest BCUT2D eigenvalue weighted by atomic mass is 10.1. The van der Waals surface area contributed by atoms with Crippen LogP contribution in [0.2, 0.25) is 0 Å². The molecule has 2 unspecified atom stereocenters. The fourth-order valence-electron chi connectivity index (χ4n) is 3.69. The third-order valence-corrected chi connectivity index (χ3v) is 6.61. The van der Waals surface area contributed by atoms with Crippen molar-refractivity contribution in [1.29, 1.82) is 0 Å². The van der Waals surface area contributed by atoms with Crippen molar-refractivity contribution >= 4 is 15.5 Å². The Balaban J connectivity index is 1.83. The summed E-state index contributed by atoms with van der Waals surface area (Å²) in [6, 6.07) is 8.31. The number of rotatable bonds is 5. The van der Waals surface area contributed by atoms with Gasteiger partial charge in [-0.15, -0.1) is 0 Å². The number of para-hydroxylation sites is 1. The van der Waals surface area contributed by atoms with Gasteiger partial charge in [-0.1, -0.05) is 19.1 Å². The maximum Gasteiger partial charge on any atom is 0.180 e. The maximum absolute atomic E-state index is 12.4. The molecule has 0 bridgehead atoms. The number of benzene rings is 1. The van der Waals surface area contributed by atoms with Gasteiger partial charge in [-0.05, 0) is 44.4 Å². The Kier molecular flexibility index (Phi) is 4.22. The lowest BCUT2D eigenvalue weighted by molar-refractivity contribution is 0.318. The van der Waals surface area contributed by atoms with E-state index in [1.165, 1.54) is 19.4 Å². The molecule has 2 fully saturated rings. The summed E-state index contributed by atoms with van der Waals surface area (Å²) in [7, 11) is -3.18. The molecule has 4 nitrogen and oxygen atoms in total. The highest BCUT2D eigenvalue weighted by Crippen LogP contribution is 2.32. The van der Waals surface area contributed by atoms with Gasteiger partial charge in [-0.2, -0.15) is 0 Å². The van der Waals surface area contributed by atoms with Gasteiger partial charge in [0.1, 0.15) is 0 Å². The second kappa shape index (κ2) is 5.97. The summed E-state index contributed by atoms with van der Waals surface area (Å²) < 4.78 is 24.8. The number of hydrogen-bond donors (Lipinski definition) is 1. The largest absolute Gasteiger partial charge is 0.380 e. The molecule has 2 atom stereocenters. The summed E-state index contributed by atoms with van der Waals surface area (Å²) >= 11 is 0. The molecule has 2 aliphatic heterocycles. The van der Waals surface area contributed by atoms with Gasteiger partial charge in [0.2, 0.25) is 0 Å². The maximum atomic E-state index is 12.4. The standard InChI is InChI=1S/C16H24N2O2S/c1-2-12-21(19,20)16-8-4-3-6-14(16)17-13-9-11-18-10-5-7-15(13)18/h3-4,6,8,13,15,17H,2,5,7,9-12H2,1H3. The van der Waals surface area contributed by atoms with Crippen LogP contribution in [-0.2, 0) is 9.84 Å². The number of anilines is 1. The van der Waals surface area contributed by atoms with Crippen molar-refractivity contribution in [3.05, 3.63) is 24.3 Å². The highest BCUT2D eigenvalue weighted by Gasteiger charge is 2.37. The van der Waals surface area contributed by atoms with Crippen LogP contribution in [-0.4, -0.2) is 44.2 Å². The third-order valence-electron chi connectivity index (χ3n) is 4.64. The number of hydrogen-bond acceptors (Lipinski definition) is 4. The zero-order valence-electron chi connectivity index (χ0n) is 12.6. The molecular weight excluding hydrogens is 284 g/mol. The molecule has 0 saturated carbocycles. The van der Waals surface area contributed by atoms with Crippen LogP contribution in [0.4, 0.5) is 5.69 Å². The number of fused-ring (bicyclic) bond motifs is 1. The van der Waals surface area contributed by atoms with E-state index in [2.05, 4.69) is 10.2 Å². The van der Waals surface area contributed by atoms with Gasteiger partial charge in [0.05, 0.1) is 16.3 Å². The van der Waals surface area contributed by atoms with E-state index in [4.69, 9.17) is 0 Å². The molecule has 0 spiro atoms. The molecule has 1 aromatic carbocycles. The highest BCUT2D eigenvalue weighted by atomic mass is 32.2. The molecule has 2 aliphatic rings. The smallest absolute Gasteiger partial charge is 0.180 e. The quantitative estimate of drug-likeness (QED) is 0.908. The molecule has 0 aliphatic carbocycles. The first-order valence-corrected chi connectivity index (χ1v) is 9.59. The van der Waals surface area contributed by atoms with Gasteiger partial charge in [0.15, 0.2) is 9.84 Å². The van der Waals surface area contributed by atoms with E-state index in [0.29, 0.717) is 23.4 Å². The molecule has 0 radical (unpaired) electrons. The zero-order valence-corrected chi connectivity index (χ0v) is 13.4. The van der Waals surface area contributed by atoms with E-state index in [1.54, 1.807) is 6.07 Å². The molecule has 5 heteroatoms. The first kappa shape index (κ1) is 14.9. The van der Waals surface area contributed by atoms with Crippen LogP contribution in [0.15, 0.2) is 29.2 Å². The van der Waals surface area contributed by atoms with Gasteiger partial charge in [0, 0.05) is 18.6 Å². The van der Waals surface area contributed by atoms with E-state index in [-0.39, 0.29) is 5.75 Å². The van der Waals surface area contributed by atoms with Crippen molar-refractivity contribution in [2.75, 3.05) is 24.2 Å². The summed E-state index contributed by atoms with van der Waals surface area (Å²) in [6.45, 7) is 4.23. The van der Waals surface area contributed by atoms with Crippen molar-refractivity contribution in [2.45, 2.75) is 49.6 Å². The lowest BCUT2D eigenvalue weighted by Gasteiger charge is -2.23. The molecule has 116 valence electrons. The van der Waals surface area contributed by atoms with Gasteiger partial charge in [-0.25, -0.2) is 8.42 Å². The van der Waals surface area contributed by atoms with E-state index >= 15 is 0 Å². The average Bonchev–Trinajstić information content (AvgIpc) is 3.04. The Morgan fingerprint density at radius 1 is 1.24 bits per heavy atom. The molecule has 0 amide bonds. The first-order valence-electron chi connectivity index (χ1n) is 7.94. The number of sulfone groups is 1. The van der Waals surface area contributed by atoms with Crippen LogP contribution in [0.3, 0.4) is 0 Å². The number of nitrogens with zero attached hydrogens (tertiary/aromatic N) is 1. The highest BCUT2D eigenvalue weighted by molar-refractivity contribution is 7.91. The van der Waals surface area contributed by atoms with Crippen LogP contribution in [0.5, 0.6) is 0 Å². The van der Waals surface area contributed by atoms with Crippen LogP contribution in [0.1, 0.15) is 32.6 Å². The molecule has 2 saturated heterocycles. The zero-order chi connectivity index (χ0) is 14.9. The fraction of sp³-hybridized carbons (Fsp3) is 0.625. The van der Waals surface area contributed by atoms with Crippen LogP contribution in [0, 0.1) is 0 Å². The Bertz CT molecular complexity index is 600. The van der Waals surface area contributed by atoms with Crippen molar-refractivity contribution < 1.29 is 8.42 Å². The van der Waals surface area contributed by atoms with Gasteiger partial charge in [-0.3, -0.25) is 4.90 Å². The molecule has 21 heavy (non-hydrogen) atoms. The summed E-state index contributed by atoms with van der Waals surface area (Å²) in [6.07, 6.45) is 4.24. The molecule has 0 aromatic heterocycles. The summed E-state index contributed by atoms with van der Waals surface area (Å²) in [5, 5.41) is 3.52. The van der Waals surface area contributed by atoms with Gasteiger partial charge < -0.3 is 5.32 Å². The van der Waals surface area contributed by atoms with E-state index in [1.807, 2.05) is 25.1 Å². The Morgan fingerprint density at radius 2 is 2.05 bits per heavy atom. The Morgan fingerprint density at radius 3 is 2.86 bits per heavy atom. The second-order valence-electron chi connectivity index (χ2n) is 6.10. The molecule has 3 rings (SSSR count). The Labute approximate surface area is 127 Å². The number of nitrogens with one attached hydrogen (secondary N) is 1. The van der Waals surface area contributed by atoms with Crippen molar-refractivity contribution in [3.8, 4) is 0 Å². The normalized spacial score (nSPS) is 26.0. The third kappa shape index (κ3) is 2.94. The van der Waals surface area contributed by atoms with Gasteiger partial charge in [0.25, 0.3) is 0 Å². The first-order chi connectivity index (χ1) is 10.1. The fourth-order valence-corrected chi connectivity index (χ4v) is 5.19. The van der Waals surface area contributed by atoms with E-state index in [0.717, 1.165) is 18.7 Å². The monoisotopic (exact) mass is 308 g/mol. The predicted octanol–water partition coefficient (Wildman–Crippen LogP) is 2.52. The second-order valence-corrected chi connectivity index (χ2v) is 8.18. The summed E-state index contributed by atoms with van der Waals surface area (Å²) in [5.74, 6) is 0.214. The average molecular weight is 308 g/mol. The van der Waals surface area contributed by atoms with Crippen LogP contribution in [0.25, 0.3) is 0 Å². The van der Waals surface area contributed by atoms with E-state index < -0.39 is 9.84 Å². The van der Waals surface area contributed by atoms with Crippen LogP contribution < -0.4 is 5.32 Å². The SMILES string of the molecule is CCCS(=O)(=O)c1ccccc1NC1CCN2CCCC12. The summed E-state index contributed by atoms with van der Waals surface area (Å²) in [4.78, 5) is 2.99. The molecule has 2 heterocycles. The van der Waals surface area contributed by atoms with E-state index in [9.17, 15) is 8.42 Å². The molecular formula is C16H24N2O2S. The Hall–Kier alpha value is -1.07. The molecule has 1 N–H and O–H groups in total. The van der Waals surface area contributed by atoms with Crippen molar-refractivity contribution in [1.82, 2.24) is 4.90 Å². The minimum Gasteiger partial charge on any atom is -0.380 e. The molecule has 1 aromatic rings. The predicted molar refractivity (Wildman–Crippen MR) is 85.4 cm³/mol. The minimum absolute atomic E-state index is 0.214. The van der Waals surface area contributed by atoms with Crippen molar-refractivity contribution in [2.24, 2.45) is 0 Å².